The third-order valence-corrected chi connectivity index (χ3v) is 27.5. The molecule has 0 unspecified atom stereocenters. The maximum absolute atomic E-state index is 9.51. The van der Waals surface area contributed by atoms with Gasteiger partial charge in [-0.1, -0.05) is 384 Å². The predicted octanol–water partition coefficient (Wildman–Crippen LogP) is 35.6. The van der Waals surface area contributed by atoms with Gasteiger partial charge in [0.2, 0.25) is 0 Å². The molecule has 6 heteroatoms. The molecule has 5 nitrogen and oxygen atoms in total. The van der Waals surface area contributed by atoms with Gasteiger partial charge in [-0.3, -0.25) is 0 Å². The van der Waals surface area contributed by atoms with E-state index in [-0.39, 0.29) is 49.7 Å². The number of aromatic nitrogens is 4. The number of benzene rings is 19. The smallest absolute Gasteiger partial charge is 0.143 e. The van der Waals surface area contributed by atoms with Gasteiger partial charge >= 0.3 is 0 Å². The van der Waals surface area contributed by atoms with E-state index in [1.54, 1.807) is 12.1 Å². The van der Waals surface area contributed by atoms with Crippen molar-refractivity contribution in [3.05, 3.63) is 447 Å². The van der Waals surface area contributed by atoms with Crippen LogP contribution in [0.1, 0.15) is 95.5 Å². The molecule has 0 radical (unpaired) electrons. The molecule has 0 aliphatic carbocycles. The van der Waals surface area contributed by atoms with Crippen molar-refractivity contribution in [1.29, 1.82) is 0 Å². The normalized spacial score (nSPS) is 13.4. The summed E-state index contributed by atoms with van der Waals surface area (Å²) in [5.74, 6) is 0. The van der Waals surface area contributed by atoms with Gasteiger partial charge < -0.3 is 22.7 Å². The first-order valence-electron chi connectivity index (χ1n) is 51.1. The van der Waals surface area contributed by atoms with E-state index in [0.717, 1.165) is 76.4 Å². The van der Waals surface area contributed by atoms with Crippen molar-refractivity contribution >= 4 is 141 Å². The molecule has 0 spiro atoms. The van der Waals surface area contributed by atoms with Crippen LogP contribution in [0.2, 0.25) is 0 Å². The van der Waals surface area contributed by atoms with E-state index < -0.39 is 72.2 Å². The predicted molar refractivity (Wildman–Crippen MR) is 566 cm³/mol. The first-order valence-corrected chi connectivity index (χ1v) is 45.9. The molecule has 0 bridgehead atoms. The molecule has 0 aliphatic heterocycles. The lowest BCUT2D eigenvalue weighted by molar-refractivity contribution is 0.591. The summed E-state index contributed by atoms with van der Waals surface area (Å²) in [6, 6.07) is 120. The number of hydrogen-bond donors (Lipinski definition) is 0. The van der Waals surface area contributed by atoms with E-state index in [1.165, 1.54) is 120 Å². The summed E-state index contributed by atoms with van der Waals surface area (Å²) in [5.41, 5.74) is 26.5. The Hall–Kier alpha value is -15.6. The van der Waals surface area contributed by atoms with E-state index in [9.17, 15) is 5.48 Å². The highest BCUT2D eigenvalue weighted by Crippen LogP contribution is 2.50. The molecule has 0 saturated heterocycles. The molecular formula is C126H98N4OS. The zero-order valence-electron chi connectivity index (χ0n) is 86.7. The average molecular weight is 1730 g/mol. The van der Waals surface area contributed by atoms with Gasteiger partial charge in [0, 0.05) is 108 Å². The number of nitrogens with zero attached hydrogens (tertiary/aromatic N) is 4. The van der Waals surface area contributed by atoms with Crippen LogP contribution in [0.5, 0.6) is 0 Å². The molecule has 25 aromatic rings. The third-order valence-electron chi connectivity index (χ3n) is 26.3. The largest absolute Gasteiger partial charge is 0.455 e. The summed E-state index contributed by atoms with van der Waals surface area (Å²) in [4.78, 5) is 0. The number of furan rings is 1. The summed E-state index contributed by atoms with van der Waals surface area (Å²) in [6.45, 7) is 20.2. The Labute approximate surface area is 790 Å². The van der Waals surface area contributed by atoms with Crippen molar-refractivity contribution < 1.29 is 20.9 Å². The molecule has 19 aromatic carbocycles. The van der Waals surface area contributed by atoms with Crippen LogP contribution in [-0.2, 0) is 16.2 Å². The van der Waals surface area contributed by atoms with E-state index in [1.807, 2.05) is 72.0 Å². The first kappa shape index (κ1) is 68.5. The second kappa shape index (κ2) is 32.3. The maximum Gasteiger partial charge on any atom is 0.143 e. The molecule has 0 aliphatic rings. The van der Waals surface area contributed by atoms with Crippen LogP contribution < -0.4 is 0 Å². The van der Waals surface area contributed by atoms with Crippen LogP contribution in [0.25, 0.3) is 219 Å². The van der Waals surface area contributed by atoms with E-state index in [4.69, 9.17) is 15.4 Å². The number of thiophene rings is 1. The summed E-state index contributed by atoms with van der Waals surface area (Å²) in [5, 5.41) is 12.1. The zero-order chi connectivity index (χ0) is 99.7. The van der Waals surface area contributed by atoms with E-state index >= 15 is 0 Å². The Morgan fingerprint density at radius 1 is 0.227 bits per heavy atom. The van der Waals surface area contributed by atoms with Gasteiger partial charge in [0.25, 0.3) is 0 Å². The van der Waals surface area contributed by atoms with Crippen LogP contribution in [0.3, 0.4) is 0 Å². The highest BCUT2D eigenvalue weighted by Gasteiger charge is 2.28. The molecule has 0 fully saturated rings. The van der Waals surface area contributed by atoms with Crippen molar-refractivity contribution in [2.45, 2.75) is 78.6 Å². The molecule has 0 atom stereocenters. The molecule has 132 heavy (non-hydrogen) atoms. The SMILES string of the molecule is CC(C)(C)c1ccc2c(c1)c1ccccc1n2-c1ccccc1-c1ccccc1-c1cccc2c1oc1ccccc12.CC(C)(C)c1ccc2c(c1)c1ccccc1n2-c1ccccc1-c1ccccc1-c1cccc2c1sc1ccccc12.[2H]c1c([2H])c([2H])c(-n2c3c([2H])c([2H])c([2H])c([2H])c3c3c(-c4ccccc4-c4ccccc4-n4c5ccccc5c5cc(C(C)(C)C)ccc54)c([2H])c([2H])c([2H])c32)c([2H])c1[2H]. The van der Waals surface area contributed by atoms with Crippen LogP contribution in [0, 0.1) is 0 Å². The fourth-order valence-corrected chi connectivity index (χ4v) is 21.1. The van der Waals surface area contributed by atoms with Gasteiger partial charge in [-0.2, -0.15) is 0 Å². The highest BCUT2D eigenvalue weighted by molar-refractivity contribution is 7.26. The minimum atomic E-state index is -0.682. The lowest BCUT2D eigenvalue weighted by Gasteiger charge is -2.20. The van der Waals surface area contributed by atoms with Gasteiger partial charge in [0.05, 0.1) is 77.6 Å². The fourth-order valence-electron chi connectivity index (χ4n) is 19.9. The van der Waals surface area contributed by atoms with Gasteiger partial charge in [-0.05, 0) is 181 Å². The minimum absolute atomic E-state index is 0.0197. The average Bonchev–Trinajstić information content (AvgIpc) is 1.50. The summed E-state index contributed by atoms with van der Waals surface area (Å²) >= 11 is 1.89. The highest BCUT2D eigenvalue weighted by atomic mass is 32.1. The topological polar surface area (TPSA) is 32.9 Å². The molecule has 0 saturated carbocycles. The molecule has 25 rings (SSSR count). The number of fused-ring (bicyclic) bond motifs is 18. The van der Waals surface area contributed by atoms with Crippen molar-refractivity contribution in [2.75, 3.05) is 0 Å². The molecule has 6 aromatic heterocycles. The van der Waals surface area contributed by atoms with Crippen LogP contribution in [0.4, 0.5) is 0 Å². The fraction of sp³-hybridized carbons (Fsp3) is 0.0952. The zero-order valence-corrected chi connectivity index (χ0v) is 75.5. The quantitative estimate of drug-likeness (QED) is 0.134. The number of rotatable bonds is 10. The van der Waals surface area contributed by atoms with Crippen molar-refractivity contribution in [3.63, 3.8) is 0 Å². The van der Waals surface area contributed by atoms with Gasteiger partial charge in [0.15, 0.2) is 0 Å². The van der Waals surface area contributed by atoms with E-state index in [2.05, 4.69) is 361 Å². The van der Waals surface area contributed by atoms with Crippen molar-refractivity contribution in [2.24, 2.45) is 0 Å². The van der Waals surface area contributed by atoms with Crippen LogP contribution in [-0.4, -0.2) is 18.3 Å². The Morgan fingerprint density at radius 2 is 0.576 bits per heavy atom. The Kier molecular flexibility index (Phi) is 16.7. The van der Waals surface area contributed by atoms with Crippen LogP contribution >= 0.6 is 11.3 Å². The summed E-state index contributed by atoms with van der Waals surface area (Å²) in [7, 11) is 0. The number of hydrogen-bond acceptors (Lipinski definition) is 2. The Balaban J connectivity index is 0.000000122. The lowest BCUT2D eigenvalue weighted by Crippen LogP contribution is -2.10. The second-order valence-electron chi connectivity index (χ2n) is 37.3. The second-order valence-corrected chi connectivity index (χ2v) is 38.3. The molecule has 6 heterocycles. The third kappa shape index (κ3) is 13.7. The Morgan fingerprint density at radius 3 is 1.06 bits per heavy atom. The number of para-hydroxylation sites is 10. The molecule has 0 N–H and O–H groups in total. The minimum Gasteiger partial charge on any atom is -0.455 e. The van der Waals surface area contributed by atoms with E-state index in [0.29, 0.717) is 11.1 Å². The summed E-state index contributed by atoms with van der Waals surface area (Å²) in [6.07, 6.45) is 0. The van der Waals surface area contributed by atoms with Gasteiger partial charge in [-0.15, -0.1) is 11.3 Å². The monoisotopic (exact) mass is 1730 g/mol. The van der Waals surface area contributed by atoms with Crippen molar-refractivity contribution in [1.82, 2.24) is 18.3 Å². The molecule has 634 valence electrons. The van der Waals surface area contributed by atoms with Crippen molar-refractivity contribution in [3.8, 4) is 89.5 Å². The first-order chi connectivity index (χ1) is 69.4. The Bertz CT molecular complexity index is 9310. The molecular weight excluding hydrogens is 1620 g/mol. The van der Waals surface area contributed by atoms with Gasteiger partial charge in [-0.25, -0.2) is 0 Å². The standard InChI is InChI=1S/C46H36N2.C40H31NO.C40H31NS/c1-46(2,3)31-28-29-43-39(30-31)36-21-10-13-25-41(36)48(43)40-24-12-9-20-35(40)33-18-7-8-19-34(33)37-23-15-27-44-45(37)38-22-11-14-26-42(38)47(44)32-16-5-4-6-17-32;2*1-40(2,3)26-23-24-37-34(25-26)30-16-7-10-21-36(30)41(37)35-20-9-6-15-29(35)27-13-4-5-14-28(27)32-18-12-19-33-31-17-8-11-22-38(31)42-39(32)33/h4-30H,1-3H3;2*4-25H,1-3H3/i4D,5D,6D,11D,14D,15D,16D,17D,22D,23D,26D,27D;;. The van der Waals surface area contributed by atoms with Gasteiger partial charge in [0.1, 0.15) is 11.2 Å². The van der Waals surface area contributed by atoms with Crippen LogP contribution in [0.15, 0.2) is 435 Å². The summed E-state index contributed by atoms with van der Waals surface area (Å²) < 4.78 is 124. The maximum atomic E-state index is 9.51. The lowest BCUT2D eigenvalue weighted by atomic mass is 9.86. The molecule has 0 amide bonds.